The minimum atomic E-state index is -1.05. The van der Waals surface area contributed by atoms with E-state index in [1.165, 1.54) is 6.07 Å². The molecule has 0 spiro atoms. The van der Waals surface area contributed by atoms with Crippen molar-refractivity contribution in [3.8, 4) is 0 Å². The van der Waals surface area contributed by atoms with Crippen molar-refractivity contribution in [3.63, 3.8) is 0 Å². The summed E-state index contributed by atoms with van der Waals surface area (Å²) in [5.41, 5.74) is 0.579. The highest BCUT2D eigenvalue weighted by Crippen LogP contribution is 2.11. The van der Waals surface area contributed by atoms with Crippen molar-refractivity contribution < 1.29 is 19.4 Å². The largest absolute Gasteiger partial charge is 0.478 e. The van der Waals surface area contributed by atoms with Gasteiger partial charge in [-0.3, -0.25) is 4.79 Å². The number of aromatic carboxylic acids is 1. The Morgan fingerprint density at radius 2 is 2.06 bits per heavy atom. The molecule has 0 aliphatic carbocycles. The Morgan fingerprint density at radius 1 is 1.44 bits per heavy atom. The van der Waals surface area contributed by atoms with Crippen molar-refractivity contribution >= 4 is 27.9 Å². The van der Waals surface area contributed by atoms with Crippen LogP contribution in [0.15, 0.2) is 24.3 Å². The van der Waals surface area contributed by atoms with Gasteiger partial charge in [0.25, 0.3) is 0 Å². The lowest BCUT2D eigenvalue weighted by Gasteiger charge is -2.08. The van der Waals surface area contributed by atoms with Gasteiger partial charge in [0.1, 0.15) is 0 Å². The Morgan fingerprint density at radius 3 is 2.62 bits per heavy atom. The van der Waals surface area contributed by atoms with Crippen LogP contribution < -0.4 is 0 Å². The first kappa shape index (κ1) is 12.7. The molecule has 0 bridgehead atoms. The van der Waals surface area contributed by atoms with Crippen LogP contribution in [-0.4, -0.2) is 22.1 Å². The van der Waals surface area contributed by atoms with E-state index < -0.39 is 11.9 Å². The maximum Gasteiger partial charge on any atom is 0.335 e. The summed E-state index contributed by atoms with van der Waals surface area (Å²) >= 11 is 3.08. The number of carbonyl (C=O) groups is 2. The molecule has 5 heteroatoms. The SMILES string of the molecule is CC(Br)OC(=O)Cc1ccccc1C(=O)O. The van der Waals surface area contributed by atoms with Gasteiger partial charge in [0, 0.05) is 0 Å². The van der Waals surface area contributed by atoms with Crippen LogP contribution in [0.1, 0.15) is 22.8 Å². The van der Waals surface area contributed by atoms with Gasteiger partial charge in [-0.25, -0.2) is 4.79 Å². The number of esters is 1. The third-order valence-electron chi connectivity index (χ3n) is 1.88. The quantitative estimate of drug-likeness (QED) is 0.681. The Balaban J connectivity index is 2.81. The predicted octanol–water partition coefficient (Wildman–Crippen LogP) is 2.21. The smallest absolute Gasteiger partial charge is 0.335 e. The van der Waals surface area contributed by atoms with Crippen LogP contribution in [0.4, 0.5) is 0 Å². The standard InChI is InChI=1S/C11H11BrO4/c1-7(12)16-10(13)6-8-4-2-3-5-9(8)11(14)15/h2-5,7H,6H2,1H3,(H,14,15). The highest BCUT2D eigenvalue weighted by Gasteiger charge is 2.14. The second kappa shape index (κ2) is 5.65. The summed E-state index contributed by atoms with van der Waals surface area (Å²) in [6.07, 6.45) is -0.0432. The van der Waals surface area contributed by atoms with Gasteiger partial charge in [0.15, 0.2) is 5.01 Å². The second-order valence-corrected chi connectivity index (χ2v) is 4.46. The number of hydrogen-bond acceptors (Lipinski definition) is 3. The van der Waals surface area contributed by atoms with Crippen LogP contribution in [0.3, 0.4) is 0 Å². The number of carboxylic acid groups (broad SMARTS) is 1. The molecule has 0 amide bonds. The molecule has 0 heterocycles. The maximum absolute atomic E-state index is 11.4. The molecule has 1 atom stereocenters. The minimum absolute atomic E-state index is 0.0432. The molecule has 16 heavy (non-hydrogen) atoms. The summed E-state index contributed by atoms with van der Waals surface area (Å²) in [5.74, 6) is -1.51. The molecule has 1 N–H and O–H groups in total. The van der Waals surface area contributed by atoms with Crippen molar-refractivity contribution in [2.45, 2.75) is 18.4 Å². The average molecular weight is 287 g/mol. The molecule has 0 saturated heterocycles. The molecule has 1 aromatic rings. The number of carbonyl (C=O) groups excluding carboxylic acids is 1. The molecule has 1 unspecified atom stereocenters. The van der Waals surface area contributed by atoms with Crippen LogP contribution in [0.25, 0.3) is 0 Å². The first-order chi connectivity index (χ1) is 7.50. The van der Waals surface area contributed by atoms with Gasteiger partial charge in [-0.15, -0.1) is 0 Å². The topological polar surface area (TPSA) is 63.6 Å². The fourth-order valence-electron chi connectivity index (χ4n) is 1.26. The van der Waals surface area contributed by atoms with Crippen LogP contribution in [0.2, 0.25) is 0 Å². The Labute approximate surface area is 101 Å². The minimum Gasteiger partial charge on any atom is -0.478 e. The van der Waals surface area contributed by atoms with E-state index in [0.29, 0.717) is 5.56 Å². The summed E-state index contributed by atoms with van der Waals surface area (Å²) in [4.78, 5) is 22.2. The van der Waals surface area contributed by atoms with Crippen molar-refractivity contribution in [3.05, 3.63) is 35.4 Å². The van der Waals surface area contributed by atoms with E-state index in [1.807, 2.05) is 0 Å². The molecule has 0 radical (unpaired) electrons. The number of benzene rings is 1. The van der Waals surface area contributed by atoms with Crippen molar-refractivity contribution in [1.29, 1.82) is 0 Å². The van der Waals surface area contributed by atoms with E-state index >= 15 is 0 Å². The van der Waals surface area contributed by atoms with E-state index in [2.05, 4.69) is 15.9 Å². The third kappa shape index (κ3) is 3.66. The summed E-state index contributed by atoms with van der Waals surface area (Å²) in [6.45, 7) is 1.67. The van der Waals surface area contributed by atoms with Gasteiger partial charge in [-0.05, 0) is 34.5 Å². The van der Waals surface area contributed by atoms with E-state index in [0.717, 1.165) is 0 Å². The lowest BCUT2D eigenvalue weighted by molar-refractivity contribution is -0.143. The summed E-state index contributed by atoms with van der Waals surface area (Å²) < 4.78 is 4.87. The van der Waals surface area contributed by atoms with Crippen LogP contribution >= 0.6 is 15.9 Å². The Kier molecular flexibility index (Phi) is 4.49. The lowest BCUT2D eigenvalue weighted by Crippen LogP contribution is -2.14. The molecule has 0 aliphatic rings. The van der Waals surface area contributed by atoms with Gasteiger partial charge in [-0.1, -0.05) is 18.2 Å². The van der Waals surface area contributed by atoms with E-state index in [-0.39, 0.29) is 17.0 Å². The molecular formula is C11H11BrO4. The summed E-state index contributed by atoms with van der Waals surface area (Å²) in [7, 11) is 0. The average Bonchev–Trinajstić information content (AvgIpc) is 2.16. The van der Waals surface area contributed by atoms with E-state index in [1.54, 1.807) is 25.1 Å². The van der Waals surface area contributed by atoms with Crippen LogP contribution in [0, 0.1) is 0 Å². The number of rotatable bonds is 4. The van der Waals surface area contributed by atoms with Crippen molar-refractivity contribution in [2.75, 3.05) is 0 Å². The zero-order valence-electron chi connectivity index (χ0n) is 8.64. The number of carboxylic acids is 1. The maximum atomic E-state index is 11.4. The Hall–Kier alpha value is -1.36. The van der Waals surface area contributed by atoms with Crippen LogP contribution in [-0.2, 0) is 16.0 Å². The zero-order chi connectivity index (χ0) is 12.1. The monoisotopic (exact) mass is 286 g/mol. The normalized spacial score (nSPS) is 11.9. The fourth-order valence-corrected chi connectivity index (χ4v) is 1.47. The second-order valence-electron chi connectivity index (χ2n) is 3.17. The first-order valence-corrected chi connectivity index (χ1v) is 5.57. The number of ether oxygens (including phenoxy) is 1. The van der Waals surface area contributed by atoms with E-state index in [4.69, 9.17) is 9.84 Å². The van der Waals surface area contributed by atoms with Crippen molar-refractivity contribution in [2.24, 2.45) is 0 Å². The molecule has 0 saturated carbocycles. The van der Waals surface area contributed by atoms with Gasteiger partial charge in [0.2, 0.25) is 0 Å². The number of halogens is 1. The molecule has 1 rings (SSSR count). The lowest BCUT2D eigenvalue weighted by atomic mass is 10.1. The zero-order valence-corrected chi connectivity index (χ0v) is 10.2. The molecular weight excluding hydrogens is 276 g/mol. The highest BCUT2D eigenvalue weighted by molar-refractivity contribution is 9.09. The first-order valence-electron chi connectivity index (χ1n) is 4.65. The molecule has 0 fully saturated rings. The molecule has 4 nitrogen and oxygen atoms in total. The summed E-state index contributed by atoms with van der Waals surface area (Å²) in [6, 6.07) is 6.37. The number of hydrogen-bond donors (Lipinski definition) is 1. The van der Waals surface area contributed by atoms with Gasteiger partial charge < -0.3 is 9.84 Å². The van der Waals surface area contributed by atoms with Crippen LogP contribution in [0.5, 0.6) is 0 Å². The summed E-state index contributed by atoms with van der Waals surface area (Å²) in [5, 5.41) is 8.52. The van der Waals surface area contributed by atoms with E-state index in [9.17, 15) is 9.59 Å². The van der Waals surface area contributed by atoms with Gasteiger partial charge in [0.05, 0.1) is 12.0 Å². The van der Waals surface area contributed by atoms with Crippen molar-refractivity contribution in [1.82, 2.24) is 0 Å². The molecule has 86 valence electrons. The molecule has 0 aliphatic heterocycles. The van der Waals surface area contributed by atoms with Gasteiger partial charge >= 0.3 is 11.9 Å². The third-order valence-corrected chi connectivity index (χ3v) is 2.06. The molecule has 1 aromatic carbocycles. The van der Waals surface area contributed by atoms with Gasteiger partial charge in [-0.2, -0.15) is 0 Å². The fraction of sp³-hybridized carbons (Fsp3) is 0.273. The number of alkyl halides is 1. The molecule has 0 aromatic heterocycles. The Bertz CT molecular complexity index is 401. The predicted molar refractivity (Wildman–Crippen MR) is 61.6 cm³/mol. The highest BCUT2D eigenvalue weighted by atomic mass is 79.9.